The number of anilines is 1. The van der Waals surface area contributed by atoms with Crippen molar-refractivity contribution < 1.29 is 19.0 Å². The molecule has 0 aromatic heterocycles. The Labute approximate surface area is 136 Å². The van der Waals surface area contributed by atoms with Crippen LogP contribution in [0.25, 0.3) is 0 Å². The van der Waals surface area contributed by atoms with Gasteiger partial charge in [-0.2, -0.15) is 0 Å². The van der Waals surface area contributed by atoms with E-state index in [1.54, 1.807) is 0 Å². The highest BCUT2D eigenvalue weighted by Gasteiger charge is 2.28. The summed E-state index contributed by atoms with van der Waals surface area (Å²) in [5.74, 6) is 0.646. The van der Waals surface area contributed by atoms with E-state index in [9.17, 15) is 4.79 Å². The zero-order valence-electron chi connectivity index (χ0n) is 13.4. The highest BCUT2D eigenvalue weighted by Crippen LogP contribution is 2.20. The molecule has 1 aromatic rings. The predicted octanol–water partition coefficient (Wildman–Crippen LogP) is 1.56. The molecule has 2 saturated heterocycles. The number of amides is 1. The molecule has 1 unspecified atom stereocenters. The minimum atomic E-state index is -0.333. The van der Waals surface area contributed by atoms with Gasteiger partial charge in [0.05, 0.1) is 18.8 Å². The van der Waals surface area contributed by atoms with Gasteiger partial charge in [0, 0.05) is 24.9 Å². The summed E-state index contributed by atoms with van der Waals surface area (Å²) in [4.78, 5) is 12.3. The van der Waals surface area contributed by atoms with Crippen LogP contribution >= 0.6 is 0 Å². The van der Waals surface area contributed by atoms with Crippen LogP contribution in [0.2, 0.25) is 0 Å². The van der Waals surface area contributed by atoms with Gasteiger partial charge in [-0.05, 0) is 31.9 Å². The predicted molar refractivity (Wildman–Crippen MR) is 86.7 cm³/mol. The molecule has 0 bridgehead atoms. The van der Waals surface area contributed by atoms with Crippen LogP contribution in [0.4, 0.5) is 5.69 Å². The highest BCUT2D eigenvalue weighted by atomic mass is 16.5. The molecule has 2 aliphatic rings. The standard InChI is InChI=1S/C17H24N2O4/c1-12-16(18-7-9-21-12)17(20)19-13-4-2-5-14(10-13)23-11-15-6-3-8-22-15/h2,4-5,10,12,15-16,18H,3,6-9,11H2,1H3,(H,19,20)/t12-,15?,16+/m1/s1. The van der Waals surface area contributed by atoms with E-state index in [1.165, 1.54) is 0 Å². The van der Waals surface area contributed by atoms with Crippen LogP contribution < -0.4 is 15.4 Å². The Kier molecular flexibility index (Phi) is 5.48. The molecule has 0 radical (unpaired) electrons. The first-order chi connectivity index (χ1) is 11.2. The number of ether oxygens (including phenoxy) is 3. The van der Waals surface area contributed by atoms with E-state index >= 15 is 0 Å². The fourth-order valence-electron chi connectivity index (χ4n) is 2.88. The summed E-state index contributed by atoms with van der Waals surface area (Å²) < 4.78 is 16.8. The Bertz CT molecular complexity index is 531. The molecule has 3 rings (SSSR count). The molecule has 0 saturated carbocycles. The monoisotopic (exact) mass is 320 g/mol. The van der Waals surface area contributed by atoms with Crippen molar-refractivity contribution in [3.05, 3.63) is 24.3 Å². The second kappa shape index (κ2) is 7.77. The fraction of sp³-hybridized carbons (Fsp3) is 0.588. The van der Waals surface area contributed by atoms with Gasteiger partial charge in [-0.25, -0.2) is 0 Å². The lowest BCUT2D eigenvalue weighted by atomic mass is 10.1. The van der Waals surface area contributed by atoms with Gasteiger partial charge < -0.3 is 24.8 Å². The summed E-state index contributed by atoms with van der Waals surface area (Å²) in [6, 6.07) is 7.11. The number of rotatable bonds is 5. The summed E-state index contributed by atoms with van der Waals surface area (Å²) in [7, 11) is 0. The van der Waals surface area contributed by atoms with E-state index in [1.807, 2.05) is 31.2 Å². The van der Waals surface area contributed by atoms with Crippen molar-refractivity contribution in [3.63, 3.8) is 0 Å². The fourth-order valence-corrected chi connectivity index (χ4v) is 2.88. The van der Waals surface area contributed by atoms with Gasteiger partial charge in [-0.15, -0.1) is 0 Å². The first-order valence-electron chi connectivity index (χ1n) is 8.23. The minimum absolute atomic E-state index is 0.0894. The van der Waals surface area contributed by atoms with E-state index in [4.69, 9.17) is 14.2 Å². The third-order valence-corrected chi connectivity index (χ3v) is 4.16. The van der Waals surface area contributed by atoms with Gasteiger partial charge in [0.2, 0.25) is 5.91 Å². The number of morpholine rings is 1. The number of hydrogen-bond donors (Lipinski definition) is 2. The molecule has 1 amide bonds. The van der Waals surface area contributed by atoms with Crippen LogP contribution in [0.5, 0.6) is 5.75 Å². The van der Waals surface area contributed by atoms with Crippen molar-refractivity contribution in [2.75, 3.05) is 31.7 Å². The van der Waals surface area contributed by atoms with Crippen molar-refractivity contribution in [3.8, 4) is 5.75 Å². The maximum absolute atomic E-state index is 12.3. The lowest BCUT2D eigenvalue weighted by molar-refractivity contribution is -0.123. The number of nitrogens with one attached hydrogen (secondary N) is 2. The van der Waals surface area contributed by atoms with Gasteiger partial charge in [0.25, 0.3) is 0 Å². The molecular weight excluding hydrogens is 296 g/mol. The summed E-state index contributed by atoms with van der Waals surface area (Å²) >= 11 is 0. The van der Waals surface area contributed by atoms with E-state index in [0.29, 0.717) is 19.8 Å². The minimum Gasteiger partial charge on any atom is -0.491 e. The maximum atomic E-state index is 12.3. The average Bonchev–Trinajstić information content (AvgIpc) is 3.07. The Morgan fingerprint density at radius 3 is 3.09 bits per heavy atom. The highest BCUT2D eigenvalue weighted by molar-refractivity contribution is 5.95. The second-order valence-electron chi connectivity index (χ2n) is 5.97. The smallest absolute Gasteiger partial charge is 0.244 e. The summed E-state index contributed by atoms with van der Waals surface area (Å²) in [5.41, 5.74) is 0.722. The number of carbonyl (C=O) groups excluding carboxylic acids is 1. The van der Waals surface area contributed by atoms with Gasteiger partial charge in [0.15, 0.2) is 0 Å². The quantitative estimate of drug-likeness (QED) is 0.862. The van der Waals surface area contributed by atoms with E-state index in [0.717, 1.165) is 30.9 Å². The third kappa shape index (κ3) is 4.43. The molecular formula is C17H24N2O4. The van der Waals surface area contributed by atoms with Crippen molar-refractivity contribution in [1.29, 1.82) is 0 Å². The first-order valence-corrected chi connectivity index (χ1v) is 8.23. The Balaban J connectivity index is 1.55. The zero-order valence-corrected chi connectivity index (χ0v) is 13.4. The van der Waals surface area contributed by atoms with E-state index in [2.05, 4.69) is 10.6 Å². The van der Waals surface area contributed by atoms with Crippen molar-refractivity contribution in [1.82, 2.24) is 5.32 Å². The molecule has 1 aromatic carbocycles. The maximum Gasteiger partial charge on any atom is 0.244 e. The molecule has 2 fully saturated rings. The molecule has 23 heavy (non-hydrogen) atoms. The van der Waals surface area contributed by atoms with Crippen LogP contribution in [0.15, 0.2) is 24.3 Å². The summed E-state index contributed by atoms with van der Waals surface area (Å²) in [6.45, 7) is 4.59. The molecule has 6 heteroatoms. The summed E-state index contributed by atoms with van der Waals surface area (Å²) in [5, 5.41) is 6.10. The molecule has 2 N–H and O–H groups in total. The van der Waals surface area contributed by atoms with Crippen LogP contribution in [-0.2, 0) is 14.3 Å². The topological polar surface area (TPSA) is 68.8 Å². The Hall–Kier alpha value is -1.63. The first kappa shape index (κ1) is 16.2. The van der Waals surface area contributed by atoms with Gasteiger partial charge in [0.1, 0.15) is 18.4 Å². The molecule has 2 aliphatic heterocycles. The second-order valence-corrected chi connectivity index (χ2v) is 5.97. The molecule has 3 atom stereocenters. The lowest BCUT2D eigenvalue weighted by Crippen LogP contribution is -2.53. The normalized spacial score (nSPS) is 27.6. The molecule has 2 heterocycles. The third-order valence-electron chi connectivity index (χ3n) is 4.16. The van der Waals surface area contributed by atoms with Crippen LogP contribution in [0.3, 0.4) is 0 Å². The van der Waals surface area contributed by atoms with Crippen LogP contribution in [-0.4, -0.2) is 50.5 Å². The summed E-state index contributed by atoms with van der Waals surface area (Å²) in [6.07, 6.45) is 2.18. The van der Waals surface area contributed by atoms with E-state index < -0.39 is 0 Å². The van der Waals surface area contributed by atoms with E-state index in [-0.39, 0.29) is 24.2 Å². The number of benzene rings is 1. The molecule has 0 aliphatic carbocycles. The lowest BCUT2D eigenvalue weighted by Gasteiger charge is -2.29. The van der Waals surface area contributed by atoms with Crippen LogP contribution in [0.1, 0.15) is 19.8 Å². The SMILES string of the molecule is C[C@H]1OCCN[C@@H]1C(=O)Nc1cccc(OCC2CCCO2)c1. The van der Waals surface area contributed by atoms with Gasteiger partial charge in [-0.3, -0.25) is 4.79 Å². The number of carbonyl (C=O) groups is 1. The van der Waals surface area contributed by atoms with Crippen molar-refractivity contribution in [2.24, 2.45) is 0 Å². The molecule has 0 spiro atoms. The van der Waals surface area contributed by atoms with Crippen molar-refractivity contribution in [2.45, 2.75) is 38.0 Å². The largest absolute Gasteiger partial charge is 0.491 e. The Morgan fingerprint density at radius 2 is 2.30 bits per heavy atom. The molecule has 126 valence electrons. The van der Waals surface area contributed by atoms with Crippen molar-refractivity contribution >= 4 is 11.6 Å². The number of hydrogen-bond acceptors (Lipinski definition) is 5. The zero-order chi connectivity index (χ0) is 16.1. The van der Waals surface area contributed by atoms with Gasteiger partial charge in [-0.1, -0.05) is 6.07 Å². The van der Waals surface area contributed by atoms with Gasteiger partial charge >= 0.3 is 0 Å². The average molecular weight is 320 g/mol. The van der Waals surface area contributed by atoms with Crippen LogP contribution in [0, 0.1) is 0 Å². The Morgan fingerprint density at radius 1 is 1.39 bits per heavy atom. The molecule has 6 nitrogen and oxygen atoms in total.